The first-order valence-electron chi connectivity index (χ1n) is 10.5. The quantitative estimate of drug-likeness (QED) is 0.789. The van der Waals surface area contributed by atoms with Crippen LogP contribution in [0.2, 0.25) is 0 Å². The van der Waals surface area contributed by atoms with Crippen LogP contribution in [0, 0.1) is 11.7 Å². The lowest BCUT2D eigenvalue weighted by Crippen LogP contribution is -2.44. The topological polar surface area (TPSA) is 66.5 Å². The number of sulfonamides is 1. The van der Waals surface area contributed by atoms with Crippen molar-refractivity contribution in [2.75, 3.05) is 13.1 Å². The number of fused-ring (bicyclic) bond motifs is 1. The van der Waals surface area contributed by atoms with E-state index < -0.39 is 10.0 Å². The van der Waals surface area contributed by atoms with Crippen LogP contribution in [0.4, 0.5) is 4.39 Å². The van der Waals surface area contributed by atoms with Crippen molar-refractivity contribution in [3.8, 4) is 0 Å². The van der Waals surface area contributed by atoms with Gasteiger partial charge in [0, 0.05) is 19.0 Å². The van der Waals surface area contributed by atoms with E-state index in [0.29, 0.717) is 31.5 Å². The van der Waals surface area contributed by atoms with Crippen LogP contribution in [0.1, 0.15) is 48.4 Å². The van der Waals surface area contributed by atoms with Crippen molar-refractivity contribution in [1.82, 2.24) is 9.62 Å². The smallest absolute Gasteiger partial charge is 0.223 e. The van der Waals surface area contributed by atoms with E-state index in [4.69, 9.17) is 0 Å². The molecule has 2 aliphatic rings. The van der Waals surface area contributed by atoms with Crippen molar-refractivity contribution in [3.63, 3.8) is 0 Å². The monoisotopic (exact) mass is 430 g/mol. The molecular weight excluding hydrogens is 403 g/mol. The summed E-state index contributed by atoms with van der Waals surface area (Å²) < 4.78 is 39.9. The number of nitrogens with one attached hydrogen (secondary N) is 1. The first kappa shape index (κ1) is 21.0. The summed E-state index contributed by atoms with van der Waals surface area (Å²) in [4.78, 5) is 12.8. The Hall–Kier alpha value is -2.25. The van der Waals surface area contributed by atoms with E-state index >= 15 is 0 Å². The molecule has 7 heteroatoms. The molecule has 0 saturated carbocycles. The fourth-order valence-electron chi connectivity index (χ4n) is 4.47. The zero-order chi connectivity index (χ0) is 21.1. The highest BCUT2D eigenvalue weighted by molar-refractivity contribution is 7.88. The molecule has 1 saturated heterocycles. The number of benzene rings is 2. The zero-order valence-electron chi connectivity index (χ0n) is 16.9. The van der Waals surface area contributed by atoms with Crippen LogP contribution in [0.15, 0.2) is 48.5 Å². The summed E-state index contributed by atoms with van der Waals surface area (Å²) in [6.07, 6.45) is 4.08. The van der Waals surface area contributed by atoms with Gasteiger partial charge in [0.2, 0.25) is 15.9 Å². The third-order valence-electron chi connectivity index (χ3n) is 6.17. The Kier molecular flexibility index (Phi) is 6.20. The predicted molar refractivity (Wildman–Crippen MR) is 114 cm³/mol. The Morgan fingerprint density at radius 2 is 1.73 bits per heavy atom. The van der Waals surface area contributed by atoms with Crippen LogP contribution in [-0.2, 0) is 27.0 Å². The molecule has 2 aromatic rings. The number of amides is 1. The number of aryl methyl sites for hydroxylation is 1. The van der Waals surface area contributed by atoms with Crippen LogP contribution < -0.4 is 5.32 Å². The van der Waals surface area contributed by atoms with Gasteiger partial charge in [-0.3, -0.25) is 4.79 Å². The number of hydrogen-bond acceptors (Lipinski definition) is 3. The zero-order valence-corrected chi connectivity index (χ0v) is 17.7. The third kappa shape index (κ3) is 4.73. The summed E-state index contributed by atoms with van der Waals surface area (Å²) in [7, 11) is -3.49. The average Bonchev–Trinajstić information content (AvgIpc) is 2.75. The first-order valence-corrected chi connectivity index (χ1v) is 12.1. The fraction of sp³-hybridized carbons (Fsp3) is 0.435. The van der Waals surface area contributed by atoms with Crippen molar-refractivity contribution in [2.45, 2.75) is 43.9 Å². The van der Waals surface area contributed by atoms with Crippen molar-refractivity contribution >= 4 is 15.9 Å². The number of carbonyl (C=O) groups is 1. The van der Waals surface area contributed by atoms with Crippen molar-refractivity contribution in [1.29, 1.82) is 0 Å². The summed E-state index contributed by atoms with van der Waals surface area (Å²) in [6.45, 7) is 0.672. The Bertz CT molecular complexity index is 999. The minimum atomic E-state index is -3.49. The van der Waals surface area contributed by atoms with Gasteiger partial charge in [0.1, 0.15) is 5.82 Å². The van der Waals surface area contributed by atoms with Gasteiger partial charge in [-0.15, -0.1) is 0 Å². The molecule has 0 bridgehead atoms. The lowest BCUT2D eigenvalue weighted by Gasteiger charge is -2.32. The Balaban J connectivity index is 1.33. The van der Waals surface area contributed by atoms with Crippen molar-refractivity contribution < 1.29 is 17.6 Å². The molecule has 160 valence electrons. The summed E-state index contributed by atoms with van der Waals surface area (Å²) in [6, 6.07) is 13.8. The maximum absolute atomic E-state index is 13.0. The van der Waals surface area contributed by atoms with Gasteiger partial charge in [-0.1, -0.05) is 36.4 Å². The Morgan fingerprint density at radius 1 is 1.03 bits per heavy atom. The van der Waals surface area contributed by atoms with Gasteiger partial charge in [0.15, 0.2) is 0 Å². The lowest BCUT2D eigenvalue weighted by molar-refractivity contribution is -0.127. The second kappa shape index (κ2) is 8.86. The highest BCUT2D eigenvalue weighted by Gasteiger charge is 2.32. The summed E-state index contributed by atoms with van der Waals surface area (Å²) in [5.41, 5.74) is 3.07. The highest BCUT2D eigenvalue weighted by Crippen LogP contribution is 2.30. The van der Waals surface area contributed by atoms with E-state index in [2.05, 4.69) is 17.4 Å². The second-order valence-corrected chi connectivity index (χ2v) is 10.2. The molecule has 2 aromatic carbocycles. The lowest BCUT2D eigenvalue weighted by atomic mass is 9.87. The van der Waals surface area contributed by atoms with Crippen LogP contribution in [-0.4, -0.2) is 31.7 Å². The molecule has 0 radical (unpaired) electrons. The summed E-state index contributed by atoms with van der Waals surface area (Å²) in [5.74, 6) is -0.685. The van der Waals surface area contributed by atoms with E-state index in [-0.39, 0.29) is 29.4 Å². The Morgan fingerprint density at radius 3 is 2.47 bits per heavy atom. The largest absolute Gasteiger partial charge is 0.349 e. The van der Waals surface area contributed by atoms with E-state index in [9.17, 15) is 17.6 Å². The van der Waals surface area contributed by atoms with E-state index in [1.54, 1.807) is 0 Å². The molecule has 0 aromatic heterocycles. The van der Waals surface area contributed by atoms with Gasteiger partial charge in [-0.05, 0) is 60.9 Å². The molecule has 1 fully saturated rings. The minimum Gasteiger partial charge on any atom is -0.349 e. The standard InChI is InChI=1S/C23H27FN2O3S/c24-20-10-8-17(9-11-20)16-30(28,29)26-14-12-19(13-15-26)23(27)25-22-7-3-5-18-4-1-2-6-21(18)22/h1-2,4,6,8-11,19,22H,3,5,7,12-16H2,(H,25,27)/t22-/m0/s1. The van der Waals surface area contributed by atoms with Crippen LogP contribution in [0.3, 0.4) is 0 Å². The Labute approximate surface area is 177 Å². The van der Waals surface area contributed by atoms with Crippen molar-refractivity contribution in [2.24, 2.45) is 5.92 Å². The van der Waals surface area contributed by atoms with Gasteiger partial charge in [-0.2, -0.15) is 0 Å². The second-order valence-electron chi connectivity index (χ2n) is 8.21. The molecule has 0 spiro atoms. The normalized spacial score (nSPS) is 20.5. The van der Waals surface area contributed by atoms with Gasteiger partial charge in [0.25, 0.3) is 0 Å². The molecule has 4 rings (SSSR count). The maximum Gasteiger partial charge on any atom is 0.223 e. The number of nitrogens with zero attached hydrogens (tertiary/aromatic N) is 1. The van der Waals surface area contributed by atoms with Crippen molar-refractivity contribution in [3.05, 3.63) is 71.0 Å². The molecule has 1 atom stereocenters. The number of halogens is 1. The highest BCUT2D eigenvalue weighted by atomic mass is 32.2. The van der Waals surface area contributed by atoms with Gasteiger partial charge < -0.3 is 5.32 Å². The SMILES string of the molecule is O=C(N[C@H]1CCCc2ccccc21)C1CCN(S(=O)(=O)Cc2ccc(F)cc2)CC1. The number of carbonyl (C=O) groups excluding carboxylic acids is 1. The van der Waals surface area contributed by atoms with E-state index in [1.165, 1.54) is 39.7 Å². The maximum atomic E-state index is 13.0. The van der Waals surface area contributed by atoms with E-state index in [1.807, 2.05) is 12.1 Å². The van der Waals surface area contributed by atoms with Gasteiger partial charge >= 0.3 is 0 Å². The molecule has 1 aliphatic heterocycles. The van der Waals surface area contributed by atoms with E-state index in [0.717, 1.165) is 19.3 Å². The summed E-state index contributed by atoms with van der Waals surface area (Å²) in [5, 5.41) is 3.20. The predicted octanol–water partition coefficient (Wildman–Crippen LogP) is 3.56. The minimum absolute atomic E-state index is 0.0206. The molecule has 1 heterocycles. The van der Waals surface area contributed by atoms with Crippen LogP contribution in [0.5, 0.6) is 0 Å². The number of rotatable bonds is 5. The average molecular weight is 431 g/mol. The number of hydrogen-bond donors (Lipinski definition) is 1. The molecule has 1 amide bonds. The molecule has 0 unspecified atom stereocenters. The fourth-order valence-corrected chi connectivity index (χ4v) is 6.04. The number of piperidine rings is 1. The van der Waals surface area contributed by atoms with Crippen LogP contribution in [0.25, 0.3) is 0 Å². The molecule has 5 nitrogen and oxygen atoms in total. The first-order chi connectivity index (χ1) is 14.4. The third-order valence-corrected chi connectivity index (χ3v) is 8.02. The molecule has 1 aliphatic carbocycles. The van der Waals surface area contributed by atoms with Gasteiger partial charge in [0.05, 0.1) is 11.8 Å². The molecule has 1 N–H and O–H groups in total. The van der Waals surface area contributed by atoms with Gasteiger partial charge in [-0.25, -0.2) is 17.1 Å². The summed E-state index contributed by atoms with van der Waals surface area (Å²) >= 11 is 0. The molecular formula is C23H27FN2O3S. The van der Waals surface area contributed by atoms with Crippen LogP contribution >= 0.6 is 0 Å². The molecule has 30 heavy (non-hydrogen) atoms.